The second kappa shape index (κ2) is 5.37. The van der Waals surface area contributed by atoms with Crippen LogP contribution in [0.3, 0.4) is 0 Å². The molecule has 0 spiro atoms. The quantitative estimate of drug-likeness (QED) is 0.941. The van der Waals surface area contributed by atoms with Crippen molar-refractivity contribution in [1.82, 2.24) is 4.98 Å². The lowest BCUT2D eigenvalue weighted by atomic mass is 9.95. The van der Waals surface area contributed by atoms with Crippen LogP contribution in [0.2, 0.25) is 5.02 Å². The Morgan fingerprint density at radius 2 is 2.14 bits per heavy atom. The molecule has 0 bridgehead atoms. The van der Waals surface area contributed by atoms with E-state index in [1.54, 1.807) is 25.4 Å². The summed E-state index contributed by atoms with van der Waals surface area (Å²) < 4.78 is 5.23. The SMILES string of the molecule is COc1cccc(C2(C(=O)Nc3ncccc3Cl)CC2)c1. The van der Waals surface area contributed by atoms with Gasteiger partial charge in [-0.1, -0.05) is 23.7 Å². The van der Waals surface area contributed by atoms with Crippen LogP contribution in [-0.4, -0.2) is 18.0 Å². The van der Waals surface area contributed by atoms with E-state index in [4.69, 9.17) is 16.3 Å². The number of carbonyl (C=O) groups excluding carboxylic acids is 1. The summed E-state index contributed by atoms with van der Waals surface area (Å²) in [5.74, 6) is 1.08. The van der Waals surface area contributed by atoms with Gasteiger partial charge in [0.05, 0.1) is 17.5 Å². The number of halogens is 1. The number of ether oxygens (including phenoxy) is 1. The van der Waals surface area contributed by atoms with Crippen molar-refractivity contribution in [1.29, 1.82) is 0 Å². The van der Waals surface area contributed by atoms with Crippen LogP contribution in [0.4, 0.5) is 5.82 Å². The predicted molar refractivity (Wildman–Crippen MR) is 81.8 cm³/mol. The molecule has 1 heterocycles. The van der Waals surface area contributed by atoms with Crippen molar-refractivity contribution in [2.24, 2.45) is 0 Å². The minimum absolute atomic E-state index is 0.0728. The minimum Gasteiger partial charge on any atom is -0.497 e. The van der Waals surface area contributed by atoms with Gasteiger partial charge >= 0.3 is 0 Å². The van der Waals surface area contributed by atoms with Crippen LogP contribution in [0.5, 0.6) is 5.75 Å². The van der Waals surface area contributed by atoms with Gasteiger partial charge in [-0.15, -0.1) is 0 Å². The fraction of sp³-hybridized carbons (Fsp3) is 0.250. The first kappa shape index (κ1) is 13.9. The highest BCUT2D eigenvalue weighted by atomic mass is 35.5. The molecule has 0 atom stereocenters. The van der Waals surface area contributed by atoms with Gasteiger partial charge in [-0.2, -0.15) is 0 Å². The first-order valence-corrected chi connectivity index (χ1v) is 7.10. The van der Waals surface area contributed by atoms with Crippen molar-refractivity contribution in [2.75, 3.05) is 12.4 Å². The summed E-state index contributed by atoms with van der Waals surface area (Å²) in [6, 6.07) is 11.1. The van der Waals surface area contributed by atoms with Crippen molar-refractivity contribution in [3.8, 4) is 5.75 Å². The molecule has 0 unspecified atom stereocenters. The minimum atomic E-state index is -0.491. The topological polar surface area (TPSA) is 51.2 Å². The van der Waals surface area contributed by atoms with Gasteiger partial charge in [0, 0.05) is 6.20 Å². The van der Waals surface area contributed by atoms with Crippen LogP contribution >= 0.6 is 11.6 Å². The van der Waals surface area contributed by atoms with E-state index in [1.165, 1.54) is 0 Å². The number of hydrogen-bond donors (Lipinski definition) is 1. The number of rotatable bonds is 4. The lowest BCUT2D eigenvalue weighted by Crippen LogP contribution is -2.28. The number of nitrogens with one attached hydrogen (secondary N) is 1. The fourth-order valence-electron chi connectivity index (χ4n) is 2.40. The van der Waals surface area contributed by atoms with Gasteiger partial charge in [0.1, 0.15) is 5.75 Å². The van der Waals surface area contributed by atoms with E-state index in [9.17, 15) is 4.79 Å². The van der Waals surface area contributed by atoms with Crippen molar-refractivity contribution in [3.05, 3.63) is 53.2 Å². The highest BCUT2D eigenvalue weighted by molar-refractivity contribution is 6.33. The molecule has 3 rings (SSSR count). The Bertz CT molecular complexity index is 683. The van der Waals surface area contributed by atoms with Crippen molar-refractivity contribution < 1.29 is 9.53 Å². The molecule has 1 amide bonds. The average Bonchev–Trinajstić information content (AvgIpc) is 3.31. The summed E-state index contributed by atoms with van der Waals surface area (Å²) >= 11 is 6.04. The summed E-state index contributed by atoms with van der Waals surface area (Å²) in [4.78, 5) is 16.7. The largest absolute Gasteiger partial charge is 0.497 e. The highest BCUT2D eigenvalue weighted by Gasteiger charge is 2.51. The Hall–Kier alpha value is -2.07. The van der Waals surface area contributed by atoms with E-state index in [1.807, 2.05) is 24.3 Å². The smallest absolute Gasteiger partial charge is 0.236 e. The van der Waals surface area contributed by atoms with Gasteiger partial charge in [0.2, 0.25) is 5.91 Å². The van der Waals surface area contributed by atoms with Gasteiger partial charge < -0.3 is 10.1 Å². The zero-order valence-electron chi connectivity index (χ0n) is 11.6. The predicted octanol–water partition coefficient (Wildman–Crippen LogP) is 3.41. The van der Waals surface area contributed by atoms with Crippen molar-refractivity contribution >= 4 is 23.3 Å². The van der Waals surface area contributed by atoms with Gasteiger partial charge in [-0.25, -0.2) is 4.98 Å². The van der Waals surface area contributed by atoms with Gasteiger partial charge in [0.15, 0.2) is 5.82 Å². The van der Waals surface area contributed by atoms with Crippen LogP contribution in [0.1, 0.15) is 18.4 Å². The summed E-state index contributed by atoms with van der Waals surface area (Å²) in [5, 5.41) is 3.26. The van der Waals surface area contributed by atoms with Crippen LogP contribution in [0, 0.1) is 0 Å². The molecule has 2 aromatic rings. The summed E-state index contributed by atoms with van der Waals surface area (Å²) in [6.07, 6.45) is 3.24. The number of pyridine rings is 1. The maximum Gasteiger partial charge on any atom is 0.236 e. The maximum atomic E-state index is 12.6. The number of anilines is 1. The third-order valence-electron chi connectivity index (χ3n) is 3.80. The zero-order chi connectivity index (χ0) is 14.9. The highest BCUT2D eigenvalue weighted by Crippen LogP contribution is 2.49. The maximum absolute atomic E-state index is 12.6. The third kappa shape index (κ3) is 2.59. The van der Waals surface area contributed by atoms with Crippen LogP contribution < -0.4 is 10.1 Å². The Kier molecular flexibility index (Phi) is 3.55. The molecule has 0 saturated heterocycles. The lowest BCUT2D eigenvalue weighted by Gasteiger charge is -2.16. The van der Waals surface area contributed by atoms with E-state index in [-0.39, 0.29) is 5.91 Å². The molecule has 1 aromatic carbocycles. The molecule has 0 aliphatic heterocycles. The third-order valence-corrected chi connectivity index (χ3v) is 4.10. The second-order valence-corrected chi connectivity index (χ2v) is 5.51. The number of methoxy groups -OCH3 is 1. The zero-order valence-corrected chi connectivity index (χ0v) is 12.4. The average molecular weight is 303 g/mol. The Morgan fingerprint density at radius 1 is 1.33 bits per heavy atom. The van der Waals surface area contributed by atoms with E-state index < -0.39 is 5.41 Å². The molecular formula is C16H15ClN2O2. The number of benzene rings is 1. The van der Waals surface area contributed by atoms with E-state index >= 15 is 0 Å². The first-order chi connectivity index (χ1) is 10.2. The second-order valence-electron chi connectivity index (χ2n) is 5.10. The molecule has 1 aliphatic rings. The van der Waals surface area contributed by atoms with Gasteiger partial charge in [0.25, 0.3) is 0 Å². The van der Waals surface area contributed by atoms with Crippen LogP contribution in [-0.2, 0) is 10.2 Å². The fourth-order valence-corrected chi connectivity index (χ4v) is 2.57. The summed E-state index contributed by atoms with van der Waals surface area (Å²) in [7, 11) is 1.62. The Labute approximate surface area is 128 Å². The number of amides is 1. The molecule has 108 valence electrons. The van der Waals surface area contributed by atoms with Crippen LogP contribution in [0.15, 0.2) is 42.6 Å². The normalized spacial score (nSPS) is 15.3. The first-order valence-electron chi connectivity index (χ1n) is 6.72. The molecule has 21 heavy (non-hydrogen) atoms. The lowest BCUT2D eigenvalue weighted by molar-refractivity contribution is -0.118. The van der Waals surface area contributed by atoms with Crippen molar-refractivity contribution in [2.45, 2.75) is 18.3 Å². The van der Waals surface area contributed by atoms with Gasteiger partial charge in [-0.05, 0) is 42.7 Å². The number of aromatic nitrogens is 1. The summed E-state index contributed by atoms with van der Waals surface area (Å²) in [6.45, 7) is 0. The molecule has 1 aliphatic carbocycles. The summed E-state index contributed by atoms with van der Waals surface area (Å²) in [5.41, 5.74) is 0.474. The monoisotopic (exact) mass is 302 g/mol. The van der Waals surface area contributed by atoms with E-state index in [0.29, 0.717) is 10.8 Å². The van der Waals surface area contributed by atoms with Crippen LogP contribution in [0.25, 0.3) is 0 Å². The van der Waals surface area contributed by atoms with Gasteiger partial charge in [-0.3, -0.25) is 4.79 Å². The number of carbonyl (C=O) groups is 1. The molecule has 1 aromatic heterocycles. The molecule has 0 radical (unpaired) electrons. The molecule has 4 nitrogen and oxygen atoms in total. The van der Waals surface area contributed by atoms with E-state index in [2.05, 4.69) is 10.3 Å². The van der Waals surface area contributed by atoms with E-state index in [0.717, 1.165) is 24.2 Å². The Morgan fingerprint density at radius 3 is 2.81 bits per heavy atom. The number of hydrogen-bond acceptors (Lipinski definition) is 3. The number of nitrogens with zero attached hydrogens (tertiary/aromatic N) is 1. The van der Waals surface area contributed by atoms with Crippen molar-refractivity contribution in [3.63, 3.8) is 0 Å². The molecule has 1 N–H and O–H groups in total. The molecule has 1 fully saturated rings. The molecule has 1 saturated carbocycles. The molecular weight excluding hydrogens is 288 g/mol. The Balaban J connectivity index is 1.85. The molecule has 5 heteroatoms. The standard InChI is InChI=1S/C16H15ClN2O2/c1-21-12-5-2-4-11(10-12)16(7-8-16)15(20)19-14-13(17)6-3-9-18-14/h2-6,9-10H,7-8H2,1H3,(H,18,19,20).